The molecule has 0 unspecified atom stereocenters. The third-order valence-corrected chi connectivity index (χ3v) is 6.38. The molecule has 2 aromatic rings. The summed E-state index contributed by atoms with van der Waals surface area (Å²) in [7, 11) is 0. The van der Waals surface area contributed by atoms with Crippen LogP contribution in [0.4, 0.5) is 0 Å². The molecular weight excluding hydrogens is 466 g/mol. The molecule has 0 saturated carbocycles. The Bertz CT molecular complexity index is 1040. The zero-order valence-corrected chi connectivity index (χ0v) is 21.0. The van der Waals surface area contributed by atoms with Crippen molar-refractivity contribution in [3.8, 4) is 0 Å². The molecule has 186 valence electrons. The topological polar surface area (TPSA) is 86.8 Å². The molecule has 7 nitrogen and oxygen atoms in total. The number of benzene rings is 2. The van der Waals surface area contributed by atoms with Crippen molar-refractivity contribution in [3.05, 3.63) is 70.2 Å². The van der Waals surface area contributed by atoms with Gasteiger partial charge in [0.05, 0.1) is 11.1 Å². The molecular formula is C27H32ClN3O4. The van der Waals surface area contributed by atoms with Gasteiger partial charge in [0.1, 0.15) is 6.04 Å². The molecule has 0 saturated heterocycles. The largest absolute Gasteiger partial charge is 0.354 e. The number of imide groups is 1. The van der Waals surface area contributed by atoms with Crippen LogP contribution in [-0.2, 0) is 16.1 Å². The third-order valence-electron chi connectivity index (χ3n) is 6.13. The van der Waals surface area contributed by atoms with Crippen LogP contribution in [0.25, 0.3) is 0 Å². The van der Waals surface area contributed by atoms with Gasteiger partial charge in [-0.25, -0.2) is 0 Å². The van der Waals surface area contributed by atoms with Crippen molar-refractivity contribution in [2.45, 2.75) is 58.5 Å². The van der Waals surface area contributed by atoms with Crippen molar-refractivity contribution in [3.63, 3.8) is 0 Å². The maximum atomic E-state index is 13.3. The molecule has 1 aliphatic rings. The van der Waals surface area contributed by atoms with Crippen molar-refractivity contribution in [1.82, 2.24) is 15.1 Å². The molecule has 35 heavy (non-hydrogen) atoms. The number of unbranched alkanes of at least 4 members (excludes halogenated alkanes) is 1. The molecule has 0 aliphatic carbocycles. The Morgan fingerprint density at radius 1 is 0.971 bits per heavy atom. The van der Waals surface area contributed by atoms with Crippen LogP contribution in [-0.4, -0.2) is 52.6 Å². The van der Waals surface area contributed by atoms with Gasteiger partial charge in [0.15, 0.2) is 0 Å². The Kier molecular flexibility index (Phi) is 9.43. The summed E-state index contributed by atoms with van der Waals surface area (Å²) in [5.74, 6) is -1.05. The number of carbonyl (C=O) groups excluding carboxylic acids is 4. The first-order chi connectivity index (χ1) is 16.9. The van der Waals surface area contributed by atoms with E-state index in [0.29, 0.717) is 35.5 Å². The van der Waals surface area contributed by atoms with Gasteiger partial charge in [0.2, 0.25) is 11.8 Å². The van der Waals surface area contributed by atoms with Crippen LogP contribution in [0.15, 0.2) is 48.5 Å². The summed E-state index contributed by atoms with van der Waals surface area (Å²) in [6.07, 6.45) is 2.72. The first kappa shape index (κ1) is 26.4. The first-order valence-electron chi connectivity index (χ1n) is 12.1. The summed E-state index contributed by atoms with van der Waals surface area (Å²) in [5.41, 5.74) is 1.65. The number of amides is 4. The van der Waals surface area contributed by atoms with Crippen LogP contribution in [0.2, 0.25) is 5.02 Å². The second-order valence-corrected chi connectivity index (χ2v) is 9.06. The van der Waals surface area contributed by atoms with E-state index in [1.807, 2.05) is 26.0 Å². The molecule has 0 spiro atoms. The lowest BCUT2D eigenvalue weighted by molar-refractivity contribution is -0.141. The van der Waals surface area contributed by atoms with E-state index in [2.05, 4.69) is 5.32 Å². The van der Waals surface area contributed by atoms with Gasteiger partial charge in [-0.05, 0) is 49.1 Å². The fraction of sp³-hybridized carbons (Fsp3) is 0.407. The average Bonchev–Trinajstić information content (AvgIpc) is 3.10. The van der Waals surface area contributed by atoms with Crippen molar-refractivity contribution >= 4 is 35.2 Å². The van der Waals surface area contributed by atoms with Crippen LogP contribution in [0.1, 0.15) is 72.2 Å². The number of rotatable bonds is 12. The zero-order chi connectivity index (χ0) is 25.4. The predicted molar refractivity (Wildman–Crippen MR) is 135 cm³/mol. The van der Waals surface area contributed by atoms with Crippen LogP contribution in [0.3, 0.4) is 0 Å². The standard InChI is InChI=1S/C27H32ClN3O4/c1-3-5-16-29-25(33)23(4-2)31(18-19-12-14-20(28)15-13-19)24(32)11-8-17-30-26(34)21-9-6-7-10-22(21)27(30)35/h6-7,9-10,12-15,23H,3-5,8,11,16-18H2,1-2H3,(H,29,33)/t23-/m1/s1. The van der Waals surface area contributed by atoms with Crippen LogP contribution in [0.5, 0.6) is 0 Å². The summed E-state index contributed by atoms with van der Waals surface area (Å²) < 4.78 is 0. The monoisotopic (exact) mass is 497 g/mol. The Morgan fingerprint density at radius 2 is 1.60 bits per heavy atom. The SMILES string of the molecule is CCCCNC(=O)[C@@H](CC)N(Cc1ccc(Cl)cc1)C(=O)CCCN1C(=O)c2ccccc2C1=O. The van der Waals surface area contributed by atoms with Gasteiger partial charge >= 0.3 is 0 Å². The minimum Gasteiger partial charge on any atom is -0.354 e. The van der Waals surface area contributed by atoms with Gasteiger partial charge < -0.3 is 10.2 Å². The van der Waals surface area contributed by atoms with Crippen molar-refractivity contribution < 1.29 is 19.2 Å². The molecule has 1 aliphatic heterocycles. The van der Waals surface area contributed by atoms with Crippen molar-refractivity contribution in [2.24, 2.45) is 0 Å². The Labute approximate surface area is 211 Å². The Hall–Kier alpha value is -3.19. The Morgan fingerprint density at radius 3 is 2.17 bits per heavy atom. The van der Waals surface area contributed by atoms with Gasteiger partial charge in [-0.2, -0.15) is 0 Å². The lowest BCUT2D eigenvalue weighted by Crippen LogP contribution is -2.49. The summed E-state index contributed by atoms with van der Waals surface area (Å²) in [6, 6.07) is 13.3. The Balaban J connectivity index is 1.68. The van der Waals surface area contributed by atoms with Gasteiger partial charge in [-0.1, -0.05) is 56.1 Å². The second-order valence-electron chi connectivity index (χ2n) is 8.63. The van der Waals surface area contributed by atoms with E-state index in [4.69, 9.17) is 11.6 Å². The van der Waals surface area contributed by atoms with Gasteiger partial charge in [-0.3, -0.25) is 24.1 Å². The first-order valence-corrected chi connectivity index (χ1v) is 12.5. The molecule has 1 atom stereocenters. The quantitative estimate of drug-likeness (QED) is 0.347. The van der Waals surface area contributed by atoms with Gasteiger partial charge in [0.25, 0.3) is 11.8 Å². The summed E-state index contributed by atoms with van der Waals surface area (Å²) in [5, 5.41) is 3.53. The summed E-state index contributed by atoms with van der Waals surface area (Å²) >= 11 is 6.01. The van der Waals surface area contributed by atoms with Crippen molar-refractivity contribution in [1.29, 1.82) is 0 Å². The number of hydrogen-bond acceptors (Lipinski definition) is 4. The van der Waals surface area contributed by atoms with E-state index in [1.165, 1.54) is 4.90 Å². The third kappa shape index (κ3) is 6.48. The molecule has 3 rings (SSSR count). The highest BCUT2D eigenvalue weighted by Crippen LogP contribution is 2.23. The second kappa shape index (κ2) is 12.5. The van der Waals surface area contributed by atoms with Gasteiger partial charge in [-0.15, -0.1) is 0 Å². The zero-order valence-electron chi connectivity index (χ0n) is 20.3. The number of nitrogens with one attached hydrogen (secondary N) is 1. The maximum absolute atomic E-state index is 13.3. The summed E-state index contributed by atoms with van der Waals surface area (Å²) in [4.78, 5) is 54.2. The highest BCUT2D eigenvalue weighted by molar-refractivity contribution is 6.30. The lowest BCUT2D eigenvalue weighted by atomic mass is 10.1. The highest BCUT2D eigenvalue weighted by Gasteiger charge is 2.35. The molecule has 2 aromatic carbocycles. The number of hydrogen-bond donors (Lipinski definition) is 1. The molecule has 0 bridgehead atoms. The molecule has 1 N–H and O–H groups in total. The molecule has 0 fully saturated rings. The fourth-order valence-corrected chi connectivity index (χ4v) is 4.31. The normalized spacial score (nSPS) is 13.5. The predicted octanol–water partition coefficient (Wildman–Crippen LogP) is 4.44. The van der Waals surface area contributed by atoms with E-state index in [0.717, 1.165) is 18.4 Å². The molecule has 4 amide bonds. The molecule has 0 radical (unpaired) electrons. The minimum atomic E-state index is -0.616. The van der Waals surface area contributed by atoms with Gasteiger partial charge in [0, 0.05) is 31.1 Å². The smallest absolute Gasteiger partial charge is 0.261 e. The van der Waals surface area contributed by atoms with E-state index in [-0.39, 0.29) is 43.1 Å². The van der Waals surface area contributed by atoms with E-state index in [9.17, 15) is 19.2 Å². The number of carbonyl (C=O) groups is 4. The lowest BCUT2D eigenvalue weighted by Gasteiger charge is -2.31. The highest BCUT2D eigenvalue weighted by atomic mass is 35.5. The van der Waals surface area contributed by atoms with Crippen LogP contribution in [0, 0.1) is 0 Å². The van der Waals surface area contributed by atoms with Crippen LogP contribution >= 0.6 is 11.6 Å². The molecule has 0 aromatic heterocycles. The summed E-state index contributed by atoms with van der Waals surface area (Å²) in [6.45, 7) is 4.91. The number of fused-ring (bicyclic) bond motifs is 1. The van der Waals surface area contributed by atoms with E-state index in [1.54, 1.807) is 41.3 Å². The number of halogens is 1. The molecule has 1 heterocycles. The van der Waals surface area contributed by atoms with Crippen molar-refractivity contribution in [2.75, 3.05) is 13.1 Å². The number of nitrogens with zero attached hydrogens (tertiary/aromatic N) is 2. The van der Waals surface area contributed by atoms with E-state index < -0.39 is 6.04 Å². The maximum Gasteiger partial charge on any atom is 0.261 e. The van der Waals surface area contributed by atoms with Crippen LogP contribution < -0.4 is 5.32 Å². The minimum absolute atomic E-state index is 0.111. The molecule has 8 heteroatoms. The fourth-order valence-electron chi connectivity index (χ4n) is 4.19. The van der Waals surface area contributed by atoms with E-state index >= 15 is 0 Å². The average molecular weight is 498 g/mol.